The third-order valence-electron chi connectivity index (χ3n) is 5.32. The number of nitrogens with one attached hydrogen (secondary N) is 1. The van der Waals surface area contributed by atoms with Crippen LogP contribution in [0.3, 0.4) is 0 Å². The van der Waals surface area contributed by atoms with Crippen molar-refractivity contribution >= 4 is 34.6 Å². The molecule has 3 rings (SSSR count). The van der Waals surface area contributed by atoms with Gasteiger partial charge in [-0.3, -0.25) is 4.90 Å². The number of anilines is 1. The van der Waals surface area contributed by atoms with E-state index >= 15 is 0 Å². The van der Waals surface area contributed by atoms with Crippen molar-refractivity contribution in [3.8, 4) is 5.75 Å². The Balaban J connectivity index is 1.66. The Morgan fingerprint density at radius 2 is 2.00 bits per heavy atom. The van der Waals surface area contributed by atoms with Crippen LogP contribution in [-0.4, -0.2) is 61.4 Å². The van der Waals surface area contributed by atoms with E-state index in [1.54, 1.807) is 7.11 Å². The van der Waals surface area contributed by atoms with Crippen molar-refractivity contribution in [2.45, 2.75) is 19.9 Å². The Morgan fingerprint density at radius 1 is 1.23 bits per heavy atom. The molecule has 0 unspecified atom stereocenters. The zero-order chi connectivity index (χ0) is 21.3. The fourth-order valence-electron chi connectivity index (χ4n) is 3.50. The van der Waals surface area contributed by atoms with E-state index in [-0.39, 0.29) is 0 Å². The van der Waals surface area contributed by atoms with Gasteiger partial charge >= 0.3 is 0 Å². The van der Waals surface area contributed by atoms with Crippen LogP contribution in [0.1, 0.15) is 17.5 Å². The summed E-state index contributed by atoms with van der Waals surface area (Å²) in [5, 5.41) is 4.60. The minimum Gasteiger partial charge on any atom is -0.495 e. The molecule has 0 spiro atoms. The van der Waals surface area contributed by atoms with Crippen LogP contribution in [0.15, 0.2) is 42.5 Å². The van der Waals surface area contributed by atoms with Crippen LogP contribution in [-0.2, 0) is 11.3 Å². The highest BCUT2D eigenvalue weighted by Gasteiger charge is 2.15. The third-order valence-corrected chi connectivity index (χ3v) is 5.97. The lowest BCUT2D eigenvalue weighted by Gasteiger charge is -2.30. The highest BCUT2D eigenvalue weighted by Crippen LogP contribution is 2.27. The summed E-state index contributed by atoms with van der Waals surface area (Å²) >= 11 is 12.1. The summed E-state index contributed by atoms with van der Waals surface area (Å²) in [6.45, 7) is 8.49. The van der Waals surface area contributed by atoms with E-state index in [4.69, 9.17) is 33.3 Å². The first kappa shape index (κ1) is 22.8. The number of morpholine rings is 1. The maximum Gasteiger partial charge on any atom is 0.173 e. The maximum absolute atomic E-state index is 6.28. The minimum atomic E-state index is 0.558. The van der Waals surface area contributed by atoms with Crippen molar-refractivity contribution in [1.82, 2.24) is 9.80 Å². The van der Waals surface area contributed by atoms with E-state index in [1.807, 2.05) is 18.2 Å². The smallest absolute Gasteiger partial charge is 0.173 e. The molecule has 0 atom stereocenters. The van der Waals surface area contributed by atoms with Crippen LogP contribution in [0, 0.1) is 6.92 Å². The first-order chi connectivity index (χ1) is 14.6. The second kappa shape index (κ2) is 11.5. The highest BCUT2D eigenvalue weighted by molar-refractivity contribution is 7.80. The molecule has 0 amide bonds. The molecule has 0 saturated carbocycles. The monoisotopic (exact) mass is 447 g/mol. The second-order valence-corrected chi connectivity index (χ2v) is 8.23. The molecule has 0 radical (unpaired) electrons. The van der Waals surface area contributed by atoms with Gasteiger partial charge in [-0.25, -0.2) is 0 Å². The average molecular weight is 448 g/mol. The van der Waals surface area contributed by atoms with Crippen LogP contribution in [0.25, 0.3) is 0 Å². The Kier molecular flexibility index (Phi) is 8.75. The molecule has 30 heavy (non-hydrogen) atoms. The first-order valence-electron chi connectivity index (χ1n) is 10.3. The standard InChI is InChI=1S/C23H30ClN3O2S/c1-18-6-3-4-7-19(18)17-27(11-5-10-26-12-14-29-15-13-26)23(30)25-20-8-9-22(28-2)21(24)16-20/h3-4,6-9,16H,5,10-15,17H2,1-2H3,(H,25,30). The average Bonchev–Trinajstić information content (AvgIpc) is 2.75. The summed E-state index contributed by atoms with van der Waals surface area (Å²) in [6, 6.07) is 14.1. The number of hydrogen-bond donors (Lipinski definition) is 1. The lowest BCUT2D eigenvalue weighted by atomic mass is 10.1. The normalized spacial score (nSPS) is 14.4. The van der Waals surface area contributed by atoms with Gasteiger partial charge in [0.15, 0.2) is 5.11 Å². The minimum absolute atomic E-state index is 0.558. The molecule has 1 aliphatic heterocycles. The van der Waals surface area contributed by atoms with E-state index in [0.29, 0.717) is 15.9 Å². The number of rotatable bonds is 8. The van der Waals surface area contributed by atoms with Crippen molar-refractivity contribution < 1.29 is 9.47 Å². The third kappa shape index (κ3) is 6.57. The predicted molar refractivity (Wildman–Crippen MR) is 128 cm³/mol. The van der Waals surface area contributed by atoms with Crippen LogP contribution < -0.4 is 10.1 Å². The number of halogens is 1. The Bertz CT molecular complexity index is 843. The van der Waals surface area contributed by atoms with Crippen molar-refractivity contribution in [3.05, 3.63) is 58.6 Å². The molecular formula is C23H30ClN3O2S. The van der Waals surface area contributed by atoms with Crippen LogP contribution in [0.4, 0.5) is 5.69 Å². The fourth-order valence-corrected chi connectivity index (χ4v) is 4.03. The lowest BCUT2D eigenvalue weighted by Crippen LogP contribution is -2.40. The summed E-state index contributed by atoms with van der Waals surface area (Å²) in [4.78, 5) is 4.69. The molecule has 1 aliphatic rings. The summed E-state index contributed by atoms with van der Waals surface area (Å²) in [5.41, 5.74) is 3.40. The van der Waals surface area contributed by atoms with E-state index in [1.165, 1.54) is 11.1 Å². The van der Waals surface area contributed by atoms with Gasteiger partial charge in [0.2, 0.25) is 0 Å². The topological polar surface area (TPSA) is 37.0 Å². The van der Waals surface area contributed by atoms with E-state index in [2.05, 4.69) is 46.3 Å². The van der Waals surface area contributed by atoms with Gasteiger partial charge in [-0.05, 0) is 54.9 Å². The van der Waals surface area contributed by atoms with Gasteiger partial charge in [-0.15, -0.1) is 0 Å². The molecule has 7 heteroatoms. The molecule has 0 bridgehead atoms. The molecular weight excluding hydrogens is 418 g/mol. The number of thiocarbonyl (C=S) groups is 1. The second-order valence-electron chi connectivity index (χ2n) is 7.44. The number of hydrogen-bond acceptors (Lipinski definition) is 4. The predicted octanol–water partition coefficient (Wildman–Crippen LogP) is 4.58. The largest absolute Gasteiger partial charge is 0.495 e. The van der Waals surface area contributed by atoms with Crippen molar-refractivity contribution in [1.29, 1.82) is 0 Å². The summed E-state index contributed by atoms with van der Waals surface area (Å²) in [7, 11) is 1.61. The summed E-state index contributed by atoms with van der Waals surface area (Å²) in [5.74, 6) is 0.649. The molecule has 5 nitrogen and oxygen atoms in total. The highest BCUT2D eigenvalue weighted by atomic mass is 35.5. The SMILES string of the molecule is COc1ccc(NC(=S)N(CCCN2CCOCC2)Cc2ccccc2C)cc1Cl. The van der Waals surface area contributed by atoms with E-state index in [0.717, 1.165) is 58.0 Å². The Hall–Kier alpha value is -1.86. The summed E-state index contributed by atoms with van der Waals surface area (Å²) < 4.78 is 10.7. The van der Waals surface area contributed by atoms with Crippen LogP contribution in [0.2, 0.25) is 5.02 Å². The zero-order valence-corrected chi connectivity index (χ0v) is 19.3. The van der Waals surface area contributed by atoms with Crippen molar-refractivity contribution in [3.63, 3.8) is 0 Å². The van der Waals surface area contributed by atoms with E-state index in [9.17, 15) is 0 Å². The molecule has 0 aromatic heterocycles. The molecule has 162 valence electrons. The Labute approximate surface area is 189 Å². The van der Waals surface area contributed by atoms with E-state index < -0.39 is 0 Å². The number of aryl methyl sites for hydroxylation is 1. The molecule has 1 N–H and O–H groups in total. The van der Waals surface area contributed by atoms with Crippen LogP contribution >= 0.6 is 23.8 Å². The van der Waals surface area contributed by atoms with Gasteiger partial charge in [0.25, 0.3) is 0 Å². The first-order valence-corrected chi connectivity index (χ1v) is 11.1. The lowest BCUT2D eigenvalue weighted by molar-refractivity contribution is 0.0368. The van der Waals surface area contributed by atoms with Gasteiger partial charge in [-0.2, -0.15) is 0 Å². The molecule has 2 aromatic rings. The van der Waals surface area contributed by atoms with Gasteiger partial charge < -0.3 is 19.7 Å². The molecule has 1 saturated heterocycles. The molecule has 2 aromatic carbocycles. The number of methoxy groups -OCH3 is 1. The van der Waals surface area contributed by atoms with Crippen molar-refractivity contribution in [2.24, 2.45) is 0 Å². The maximum atomic E-state index is 6.28. The van der Waals surface area contributed by atoms with Gasteiger partial charge in [0.05, 0.1) is 25.3 Å². The van der Waals surface area contributed by atoms with Crippen molar-refractivity contribution in [2.75, 3.05) is 51.8 Å². The molecule has 1 heterocycles. The number of nitrogens with zero attached hydrogens (tertiary/aromatic N) is 2. The number of benzene rings is 2. The summed E-state index contributed by atoms with van der Waals surface area (Å²) in [6.07, 6.45) is 1.04. The Morgan fingerprint density at radius 3 is 2.70 bits per heavy atom. The number of ether oxygens (including phenoxy) is 2. The van der Waals surface area contributed by atoms with Gasteiger partial charge in [0.1, 0.15) is 5.75 Å². The quantitative estimate of drug-likeness (QED) is 0.597. The zero-order valence-electron chi connectivity index (χ0n) is 17.7. The molecule has 0 aliphatic carbocycles. The van der Waals surface area contributed by atoms with Gasteiger partial charge in [-0.1, -0.05) is 35.9 Å². The van der Waals surface area contributed by atoms with Crippen LogP contribution in [0.5, 0.6) is 5.75 Å². The van der Waals surface area contributed by atoms with Gasteiger partial charge in [0, 0.05) is 38.4 Å². The fraction of sp³-hybridized carbons (Fsp3) is 0.435. The molecule has 1 fully saturated rings.